The van der Waals surface area contributed by atoms with E-state index in [-0.39, 0.29) is 9.77 Å². The third-order valence-corrected chi connectivity index (χ3v) is 9.91. The van der Waals surface area contributed by atoms with Crippen molar-refractivity contribution in [3.8, 4) is 0 Å². The van der Waals surface area contributed by atoms with Crippen molar-refractivity contribution in [3.05, 3.63) is 75.7 Å². The Labute approximate surface area is 196 Å². The lowest BCUT2D eigenvalue weighted by molar-refractivity contribution is -0.140. The molecule has 0 aliphatic rings. The lowest BCUT2D eigenvalue weighted by Crippen LogP contribution is -2.30. The number of hydrogen-bond acceptors (Lipinski definition) is 5. The van der Waals surface area contributed by atoms with Gasteiger partial charge in [0, 0.05) is 4.70 Å². The first-order chi connectivity index (χ1) is 15.4. The number of thiophene rings is 1. The first kappa shape index (κ1) is 23.7. The molecule has 0 aliphatic heterocycles. The quantitative estimate of drug-likeness (QED) is 0.274. The van der Waals surface area contributed by atoms with Gasteiger partial charge < -0.3 is 0 Å². The summed E-state index contributed by atoms with van der Waals surface area (Å²) in [4.78, 5) is 4.20. The van der Waals surface area contributed by atoms with E-state index in [1.54, 1.807) is 20.8 Å². The summed E-state index contributed by atoms with van der Waals surface area (Å²) in [5, 5.41) is 1.80. The second kappa shape index (κ2) is 8.37. The normalized spacial score (nSPS) is 12.5. The average Bonchev–Trinajstić information content (AvgIpc) is 3.25. The van der Waals surface area contributed by atoms with Gasteiger partial charge in [0.2, 0.25) is 0 Å². The monoisotopic (exact) mass is 514 g/mol. The zero-order valence-electron chi connectivity index (χ0n) is 17.7. The molecule has 0 unspecified atom stereocenters. The fourth-order valence-electron chi connectivity index (χ4n) is 3.57. The summed E-state index contributed by atoms with van der Waals surface area (Å²) in [6.45, 7) is 4.64. The van der Waals surface area contributed by atoms with Crippen LogP contribution < -0.4 is 4.31 Å². The standard InChI is InChI=1S/C22H18F4N2O2S3/c1-12-16-6-4-5-7-19(16)32-20(12)28(33(29,30)21-13(2)27-14(3)31-21)11-15-8-9-18(23)17(10-15)22(24,25)26/h4-10H,11H2,1-3H3. The number of nitrogens with zero attached hydrogens (tertiary/aromatic N) is 2. The summed E-state index contributed by atoms with van der Waals surface area (Å²) in [6.07, 6.45) is -4.90. The van der Waals surface area contributed by atoms with Gasteiger partial charge in [-0.3, -0.25) is 4.31 Å². The molecule has 0 amide bonds. The molecular weight excluding hydrogens is 496 g/mol. The molecule has 0 saturated carbocycles. The predicted molar refractivity (Wildman–Crippen MR) is 123 cm³/mol. The number of benzene rings is 2. The Balaban J connectivity index is 1.90. The molecule has 33 heavy (non-hydrogen) atoms. The number of anilines is 1. The molecule has 0 spiro atoms. The maximum Gasteiger partial charge on any atom is 0.419 e. The van der Waals surface area contributed by atoms with Gasteiger partial charge in [0.05, 0.1) is 22.8 Å². The molecule has 2 aromatic carbocycles. The van der Waals surface area contributed by atoms with Crippen LogP contribution in [-0.2, 0) is 22.7 Å². The van der Waals surface area contributed by atoms with E-state index in [1.807, 2.05) is 24.3 Å². The van der Waals surface area contributed by atoms with E-state index in [2.05, 4.69) is 4.98 Å². The van der Waals surface area contributed by atoms with Gasteiger partial charge in [-0.2, -0.15) is 13.2 Å². The second-order valence-corrected chi connectivity index (χ2v) is 11.7. The van der Waals surface area contributed by atoms with Gasteiger partial charge in [-0.05, 0) is 55.5 Å². The summed E-state index contributed by atoms with van der Waals surface area (Å²) >= 11 is 2.23. The van der Waals surface area contributed by atoms with Crippen LogP contribution in [0.3, 0.4) is 0 Å². The Morgan fingerprint density at radius 1 is 1.03 bits per heavy atom. The Hall–Kier alpha value is -2.50. The smallest absolute Gasteiger partial charge is 0.252 e. The van der Waals surface area contributed by atoms with E-state index >= 15 is 0 Å². The summed E-state index contributed by atoms with van der Waals surface area (Å²) in [7, 11) is -4.17. The van der Waals surface area contributed by atoms with Crippen molar-refractivity contribution in [3.63, 3.8) is 0 Å². The number of sulfonamides is 1. The van der Waals surface area contributed by atoms with Crippen LogP contribution >= 0.6 is 22.7 Å². The lowest BCUT2D eigenvalue weighted by atomic mass is 10.1. The topological polar surface area (TPSA) is 50.3 Å². The summed E-state index contributed by atoms with van der Waals surface area (Å²) in [5.74, 6) is -1.41. The van der Waals surface area contributed by atoms with Crippen molar-refractivity contribution in [2.45, 2.75) is 37.7 Å². The molecule has 0 radical (unpaired) electrons. The van der Waals surface area contributed by atoms with Crippen molar-refractivity contribution < 1.29 is 26.0 Å². The van der Waals surface area contributed by atoms with Crippen LogP contribution in [0.1, 0.15) is 27.4 Å². The number of halogens is 4. The fraction of sp³-hybridized carbons (Fsp3) is 0.227. The van der Waals surface area contributed by atoms with Gasteiger partial charge in [0.25, 0.3) is 10.0 Å². The van der Waals surface area contributed by atoms with Gasteiger partial charge >= 0.3 is 6.18 Å². The van der Waals surface area contributed by atoms with Gasteiger partial charge in [0.1, 0.15) is 10.8 Å². The number of rotatable bonds is 5. The number of aromatic nitrogens is 1. The van der Waals surface area contributed by atoms with Crippen molar-refractivity contribution >= 4 is 47.8 Å². The minimum atomic E-state index is -4.90. The van der Waals surface area contributed by atoms with Crippen LogP contribution in [0.2, 0.25) is 0 Å². The molecule has 2 aromatic heterocycles. The fourth-order valence-corrected chi connectivity index (χ4v) is 8.08. The summed E-state index contributed by atoms with van der Waals surface area (Å²) in [6, 6.07) is 9.90. The lowest BCUT2D eigenvalue weighted by Gasteiger charge is -2.24. The number of hydrogen-bond donors (Lipinski definition) is 0. The second-order valence-electron chi connectivity index (χ2n) is 7.46. The number of fused-ring (bicyclic) bond motifs is 1. The molecule has 0 saturated heterocycles. The van der Waals surface area contributed by atoms with E-state index in [0.29, 0.717) is 33.4 Å². The van der Waals surface area contributed by atoms with Gasteiger partial charge in [-0.25, -0.2) is 17.8 Å². The maximum absolute atomic E-state index is 13.8. The van der Waals surface area contributed by atoms with E-state index in [9.17, 15) is 26.0 Å². The van der Waals surface area contributed by atoms with Gasteiger partial charge in [-0.1, -0.05) is 24.3 Å². The highest BCUT2D eigenvalue weighted by Gasteiger charge is 2.36. The van der Waals surface area contributed by atoms with Crippen LogP contribution in [0.5, 0.6) is 0 Å². The van der Waals surface area contributed by atoms with Gasteiger partial charge in [0.15, 0.2) is 4.21 Å². The van der Waals surface area contributed by atoms with E-state index in [0.717, 1.165) is 25.7 Å². The molecule has 0 aliphatic carbocycles. The number of aryl methyl sites for hydroxylation is 3. The molecule has 0 N–H and O–H groups in total. The molecule has 11 heteroatoms. The minimum Gasteiger partial charge on any atom is -0.252 e. The van der Waals surface area contributed by atoms with Gasteiger partial charge in [-0.15, -0.1) is 22.7 Å². The highest BCUT2D eigenvalue weighted by molar-refractivity contribution is 7.95. The molecule has 0 atom stereocenters. The van der Waals surface area contributed by atoms with E-state index < -0.39 is 34.1 Å². The predicted octanol–water partition coefficient (Wildman–Crippen LogP) is 6.84. The van der Waals surface area contributed by atoms with E-state index in [4.69, 9.17) is 0 Å². The highest BCUT2D eigenvalue weighted by atomic mass is 32.2. The van der Waals surface area contributed by atoms with Crippen LogP contribution in [0.25, 0.3) is 10.1 Å². The summed E-state index contributed by atoms with van der Waals surface area (Å²) < 4.78 is 83.1. The molecular formula is C22H18F4N2O2S3. The van der Waals surface area contributed by atoms with Crippen LogP contribution in [0.15, 0.2) is 46.7 Å². The Morgan fingerprint density at radius 3 is 2.33 bits per heavy atom. The van der Waals surface area contributed by atoms with Crippen molar-refractivity contribution in [1.29, 1.82) is 0 Å². The molecule has 0 bridgehead atoms. The van der Waals surface area contributed by atoms with Crippen LogP contribution in [-0.4, -0.2) is 13.4 Å². The van der Waals surface area contributed by atoms with Crippen molar-refractivity contribution in [1.82, 2.24) is 4.98 Å². The Morgan fingerprint density at radius 2 is 1.73 bits per heavy atom. The zero-order chi connectivity index (χ0) is 24.1. The Bertz CT molecular complexity index is 1460. The van der Waals surface area contributed by atoms with Crippen molar-refractivity contribution in [2.24, 2.45) is 0 Å². The van der Waals surface area contributed by atoms with Crippen LogP contribution in [0, 0.1) is 26.6 Å². The molecule has 4 rings (SSSR count). The summed E-state index contributed by atoms with van der Waals surface area (Å²) in [5.41, 5.74) is -0.411. The average molecular weight is 515 g/mol. The minimum absolute atomic E-state index is 0.0167. The largest absolute Gasteiger partial charge is 0.419 e. The number of alkyl halides is 3. The van der Waals surface area contributed by atoms with Crippen molar-refractivity contribution in [2.75, 3.05) is 4.31 Å². The third kappa shape index (κ3) is 4.36. The van der Waals surface area contributed by atoms with E-state index in [1.165, 1.54) is 17.4 Å². The number of thiazole rings is 1. The molecule has 174 valence electrons. The molecule has 2 heterocycles. The first-order valence-electron chi connectivity index (χ1n) is 9.70. The SMILES string of the molecule is Cc1nc(C)c(S(=O)(=O)N(Cc2ccc(F)c(C(F)(F)F)c2)c2sc3ccccc3c2C)s1. The highest BCUT2D eigenvalue weighted by Crippen LogP contribution is 2.42. The third-order valence-electron chi connectivity index (χ3n) is 5.09. The molecule has 4 nitrogen and oxygen atoms in total. The Kier molecular flexibility index (Phi) is 6.00. The van der Waals surface area contributed by atoms with Crippen LogP contribution in [0.4, 0.5) is 22.6 Å². The molecule has 4 aromatic rings. The first-order valence-corrected chi connectivity index (χ1v) is 12.8. The molecule has 0 fully saturated rings. The maximum atomic E-state index is 13.8. The zero-order valence-corrected chi connectivity index (χ0v) is 20.1.